The lowest BCUT2D eigenvalue weighted by molar-refractivity contribution is -0.117. The highest BCUT2D eigenvalue weighted by Crippen LogP contribution is 2.31. The molecule has 3 N–H and O–H groups in total. The summed E-state index contributed by atoms with van der Waals surface area (Å²) in [5, 5.41) is 9.41. The number of amides is 1. The van der Waals surface area contributed by atoms with Crippen molar-refractivity contribution in [1.82, 2.24) is 4.98 Å². The second kappa shape index (κ2) is 4.03. The lowest BCUT2D eigenvalue weighted by atomic mass is 10.2. The van der Waals surface area contributed by atoms with Gasteiger partial charge in [0, 0.05) is 10.7 Å². The number of rotatable bonds is 1. The van der Waals surface area contributed by atoms with Gasteiger partial charge in [0.15, 0.2) is 5.82 Å². The van der Waals surface area contributed by atoms with E-state index >= 15 is 0 Å². The second-order valence-corrected chi connectivity index (χ2v) is 4.69. The molecule has 6 heteroatoms. The summed E-state index contributed by atoms with van der Waals surface area (Å²) < 4.78 is 0.806. The third-order valence-corrected chi connectivity index (χ3v) is 3.46. The first-order valence-electron chi connectivity index (χ1n) is 4.89. The summed E-state index contributed by atoms with van der Waals surface area (Å²) in [5.41, 5.74) is 7.22. The number of aliphatic hydroxyl groups is 1. The Labute approximate surface area is 101 Å². The number of aliphatic hydroxyl groups excluding tert-OH is 1. The lowest BCUT2D eigenvalue weighted by Crippen LogP contribution is -2.27. The van der Waals surface area contributed by atoms with Crippen LogP contribution in [0.1, 0.15) is 12.0 Å². The fourth-order valence-electron chi connectivity index (χ4n) is 1.69. The van der Waals surface area contributed by atoms with E-state index < -0.39 is 6.10 Å². The van der Waals surface area contributed by atoms with Gasteiger partial charge in [0.2, 0.25) is 5.91 Å². The van der Waals surface area contributed by atoms with Gasteiger partial charge in [-0.1, -0.05) is 0 Å². The number of carbonyl (C=O) groups is 1. The summed E-state index contributed by atoms with van der Waals surface area (Å²) in [6.07, 6.45) is 1.12. The van der Waals surface area contributed by atoms with E-state index in [1.165, 1.54) is 4.90 Å². The summed E-state index contributed by atoms with van der Waals surface area (Å²) in [7, 11) is 0. The molecule has 5 nitrogen and oxygen atoms in total. The minimum atomic E-state index is -0.627. The van der Waals surface area contributed by atoms with Crippen molar-refractivity contribution in [2.45, 2.75) is 19.4 Å². The number of nitrogen functional groups attached to an aromatic ring is 1. The standard InChI is InChI=1S/C10H12BrN3O2/c1-5-7(11)3-13-10(9(5)12)14-4-6(15)2-8(14)16/h3,6,15H,2,4,12H2,1H3. The first-order chi connectivity index (χ1) is 7.50. The largest absolute Gasteiger partial charge is 0.395 e. The Morgan fingerprint density at radius 3 is 2.94 bits per heavy atom. The highest BCUT2D eigenvalue weighted by atomic mass is 79.9. The zero-order valence-corrected chi connectivity index (χ0v) is 10.4. The molecular formula is C10H12BrN3O2. The Kier molecular flexibility index (Phi) is 2.86. The molecule has 1 saturated heterocycles. The summed E-state index contributed by atoms with van der Waals surface area (Å²) in [5.74, 6) is 0.288. The Morgan fingerprint density at radius 2 is 2.38 bits per heavy atom. The van der Waals surface area contributed by atoms with Gasteiger partial charge in [0.25, 0.3) is 0 Å². The maximum absolute atomic E-state index is 11.6. The van der Waals surface area contributed by atoms with E-state index in [1.54, 1.807) is 6.20 Å². The molecule has 1 atom stereocenters. The quantitative estimate of drug-likeness (QED) is 0.801. The van der Waals surface area contributed by atoms with Gasteiger partial charge in [-0.3, -0.25) is 9.69 Å². The molecule has 2 heterocycles. The van der Waals surface area contributed by atoms with Crippen molar-refractivity contribution in [3.63, 3.8) is 0 Å². The molecule has 0 spiro atoms. The third kappa shape index (κ3) is 1.78. The number of pyridine rings is 1. The number of anilines is 2. The van der Waals surface area contributed by atoms with Crippen molar-refractivity contribution in [3.8, 4) is 0 Å². The maximum Gasteiger partial charge on any atom is 0.230 e. The SMILES string of the molecule is Cc1c(Br)cnc(N2CC(O)CC2=O)c1N. The zero-order chi connectivity index (χ0) is 11.9. The highest BCUT2D eigenvalue weighted by Gasteiger charge is 2.31. The van der Waals surface area contributed by atoms with E-state index in [-0.39, 0.29) is 18.9 Å². The van der Waals surface area contributed by atoms with Crippen LogP contribution in [-0.2, 0) is 4.79 Å². The molecule has 0 saturated carbocycles. The normalized spacial score (nSPS) is 20.6. The Hall–Kier alpha value is -1.14. The molecule has 1 aliphatic heterocycles. The van der Waals surface area contributed by atoms with Crippen molar-refractivity contribution in [2.75, 3.05) is 17.2 Å². The average molecular weight is 286 g/mol. The number of nitrogens with zero attached hydrogens (tertiary/aromatic N) is 2. The van der Waals surface area contributed by atoms with E-state index in [0.29, 0.717) is 11.5 Å². The van der Waals surface area contributed by atoms with E-state index in [9.17, 15) is 9.90 Å². The molecule has 1 unspecified atom stereocenters. The Morgan fingerprint density at radius 1 is 1.69 bits per heavy atom. The molecule has 86 valence electrons. The molecule has 1 aliphatic rings. The van der Waals surface area contributed by atoms with Crippen LogP contribution >= 0.6 is 15.9 Å². The summed E-state index contributed by atoms with van der Waals surface area (Å²) in [6, 6.07) is 0. The number of hydrogen-bond donors (Lipinski definition) is 2. The number of hydrogen-bond acceptors (Lipinski definition) is 4. The van der Waals surface area contributed by atoms with Crippen LogP contribution in [0.25, 0.3) is 0 Å². The summed E-state index contributed by atoms with van der Waals surface area (Å²) >= 11 is 3.32. The lowest BCUT2D eigenvalue weighted by Gasteiger charge is -2.18. The molecule has 0 bridgehead atoms. The number of β-amino-alcohol motifs (C(OH)–C–C–N with tert-alkyl or cyclic N) is 1. The Bertz CT molecular complexity index is 450. The molecule has 2 rings (SSSR count). The second-order valence-electron chi connectivity index (χ2n) is 3.83. The van der Waals surface area contributed by atoms with Gasteiger partial charge < -0.3 is 10.8 Å². The predicted octanol–water partition coefficient (Wildman–Crippen LogP) is 0.832. The first kappa shape index (κ1) is 11.3. The molecule has 1 aromatic rings. The number of halogens is 1. The maximum atomic E-state index is 11.6. The predicted molar refractivity (Wildman–Crippen MR) is 64.1 cm³/mol. The van der Waals surface area contributed by atoms with Crippen LogP contribution in [-0.4, -0.2) is 28.6 Å². The van der Waals surface area contributed by atoms with Crippen molar-refractivity contribution in [1.29, 1.82) is 0 Å². The molecule has 1 amide bonds. The Balaban J connectivity index is 2.42. The monoisotopic (exact) mass is 285 g/mol. The molecule has 0 radical (unpaired) electrons. The van der Waals surface area contributed by atoms with Crippen molar-refractivity contribution >= 4 is 33.3 Å². The van der Waals surface area contributed by atoms with Crippen molar-refractivity contribution in [2.24, 2.45) is 0 Å². The van der Waals surface area contributed by atoms with Crippen LogP contribution in [0.4, 0.5) is 11.5 Å². The minimum Gasteiger partial charge on any atom is -0.395 e. The molecule has 1 aromatic heterocycles. The van der Waals surface area contributed by atoms with Crippen molar-refractivity contribution < 1.29 is 9.90 Å². The first-order valence-corrected chi connectivity index (χ1v) is 5.69. The molecule has 16 heavy (non-hydrogen) atoms. The van der Waals surface area contributed by atoms with Gasteiger partial charge in [-0.25, -0.2) is 4.98 Å². The van der Waals surface area contributed by atoms with Crippen molar-refractivity contribution in [3.05, 3.63) is 16.2 Å². The van der Waals surface area contributed by atoms with Gasteiger partial charge in [0.05, 0.1) is 24.8 Å². The van der Waals surface area contributed by atoms with Crippen LogP contribution in [0, 0.1) is 6.92 Å². The van der Waals surface area contributed by atoms with E-state index in [0.717, 1.165) is 10.0 Å². The topological polar surface area (TPSA) is 79.5 Å². The molecule has 0 aliphatic carbocycles. The molecule has 1 fully saturated rings. The minimum absolute atomic E-state index is 0.135. The van der Waals surface area contributed by atoms with Gasteiger partial charge in [-0.05, 0) is 28.4 Å². The zero-order valence-electron chi connectivity index (χ0n) is 8.77. The number of aromatic nitrogens is 1. The van der Waals surface area contributed by atoms with Crippen LogP contribution in [0.5, 0.6) is 0 Å². The van der Waals surface area contributed by atoms with Gasteiger partial charge in [-0.2, -0.15) is 0 Å². The van der Waals surface area contributed by atoms with Gasteiger partial charge in [-0.15, -0.1) is 0 Å². The summed E-state index contributed by atoms with van der Waals surface area (Å²) in [4.78, 5) is 17.1. The van der Waals surface area contributed by atoms with Crippen LogP contribution in [0.2, 0.25) is 0 Å². The fraction of sp³-hybridized carbons (Fsp3) is 0.400. The van der Waals surface area contributed by atoms with E-state index in [4.69, 9.17) is 5.73 Å². The number of carbonyl (C=O) groups excluding carboxylic acids is 1. The molecule has 0 aromatic carbocycles. The van der Waals surface area contributed by atoms with Crippen LogP contribution < -0.4 is 10.6 Å². The highest BCUT2D eigenvalue weighted by molar-refractivity contribution is 9.10. The third-order valence-electron chi connectivity index (χ3n) is 2.66. The smallest absolute Gasteiger partial charge is 0.230 e. The van der Waals surface area contributed by atoms with E-state index in [2.05, 4.69) is 20.9 Å². The fourth-order valence-corrected chi connectivity index (χ4v) is 2.01. The van der Waals surface area contributed by atoms with Crippen LogP contribution in [0.15, 0.2) is 10.7 Å². The molecular weight excluding hydrogens is 274 g/mol. The van der Waals surface area contributed by atoms with Crippen LogP contribution in [0.3, 0.4) is 0 Å². The number of nitrogens with two attached hydrogens (primary N) is 1. The summed E-state index contributed by atoms with van der Waals surface area (Å²) in [6.45, 7) is 2.11. The van der Waals surface area contributed by atoms with E-state index in [1.807, 2.05) is 6.92 Å². The average Bonchev–Trinajstić information content (AvgIpc) is 2.55. The van der Waals surface area contributed by atoms with Gasteiger partial charge in [0.1, 0.15) is 0 Å². The van der Waals surface area contributed by atoms with Gasteiger partial charge >= 0.3 is 0 Å².